The molecular formula is C13H18FNO2. The lowest BCUT2D eigenvalue weighted by Gasteiger charge is -2.17. The van der Waals surface area contributed by atoms with Gasteiger partial charge in [-0.1, -0.05) is 20.8 Å². The second-order valence-corrected chi connectivity index (χ2v) is 5.27. The molecular weight excluding hydrogens is 221 g/mol. The number of anilines is 1. The van der Waals surface area contributed by atoms with Crippen molar-refractivity contribution in [3.8, 4) is 5.75 Å². The van der Waals surface area contributed by atoms with Gasteiger partial charge in [-0.15, -0.1) is 0 Å². The molecule has 0 aliphatic carbocycles. The van der Waals surface area contributed by atoms with E-state index in [0.29, 0.717) is 6.42 Å². The summed E-state index contributed by atoms with van der Waals surface area (Å²) in [4.78, 5) is 11.6. The molecule has 0 aromatic heterocycles. The van der Waals surface area contributed by atoms with Gasteiger partial charge in [0.2, 0.25) is 5.91 Å². The molecule has 17 heavy (non-hydrogen) atoms. The Kier molecular flexibility index (Phi) is 4.10. The maximum atomic E-state index is 13.3. The van der Waals surface area contributed by atoms with E-state index in [1.54, 1.807) is 0 Å². The van der Waals surface area contributed by atoms with Crippen LogP contribution in [0.3, 0.4) is 0 Å². The Morgan fingerprint density at radius 2 is 2.06 bits per heavy atom. The highest BCUT2D eigenvalue weighted by Crippen LogP contribution is 2.23. The number of halogens is 1. The van der Waals surface area contributed by atoms with E-state index in [9.17, 15) is 14.3 Å². The number of phenolic OH excluding ortho intramolecular Hbond substituents is 1. The van der Waals surface area contributed by atoms with Crippen LogP contribution >= 0.6 is 0 Å². The fourth-order valence-corrected chi connectivity index (χ4v) is 1.31. The number of hydrogen-bond donors (Lipinski definition) is 2. The first-order valence-corrected chi connectivity index (χ1v) is 5.56. The third-order valence-electron chi connectivity index (χ3n) is 2.33. The molecule has 0 aliphatic heterocycles. The summed E-state index contributed by atoms with van der Waals surface area (Å²) >= 11 is 0. The maximum Gasteiger partial charge on any atom is 0.224 e. The van der Waals surface area contributed by atoms with E-state index < -0.39 is 5.82 Å². The molecule has 1 aromatic carbocycles. The number of nitrogens with one attached hydrogen (secondary N) is 1. The summed E-state index contributed by atoms with van der Waals surface area (Å²) in [5, 5.41) is 11.6. The first-order chi connectivity index (χ1) is 7.78. The number of hydrogen-bond acceptors (Lipinski definition) is 2. The summed E-state index contributed by atoms with van der Waals surface area (Å²) in [6, 6.07) is 3.55. The van der Waals surface area contributed by atoms with Crippen molar-refractivity contribution < 1.29 is 14.3 Å². The Balaban J connectivity index is 2.59. The zero-order valence-electron chi connectivity index (χ0n) is 10.4. The van der Waals surface area contributed by atoms with E-state index in [1.807, 2.05) is 20.8 Å². The molecule has 1 rings (SSSR count). The van der Waals surface area contributed by atoms with Gasteiger partial charge in [0.15, 0.2) is 0 Å². The van der Waals surface area contributed by atoms with Crippen LogP contribution in [0.1, 0.15) is 33.6 Å². The molecule has 94 valence electrons. The lowest BCUT2D eigenvalue weighted by Crippen LogP contribution is -2.16. The Labute approximate surface area is 101 Å². The van der Waals surface area contributed by atoms with Crippen LogP contribution in [0.25, 0.3) is 0 Å². The number of aromatic hydroxyl groups is 1. The molecule has 0 aliphatic rings. The highest BCUT2D eigenvalue weighted by Gasteiger charge is 2.14. The SMILES string of the molecule is CC(C)(C)CCC(=O)Nc1cc(O)ccc1F. The minimum atomic E-state index is -0.549. The molecule has 1 amide bonds. The van der Waals surface area contributed by atoms with E-state index in [1.165, 1.54) is 12.1 Å². The van der Waals surface area contributed by atoms with Gasteiger partial charge in [0.25, 0.3) is 0 Å². The Morgan fingerprint density at radius 3 is 2.65 bits per heavy atom. The van der Waals surface area contributed by atoms with Crippen molar-refractivity contribution in [2.45, 2.75) is 33.6 Å². The Morgan fingerprint density at radius 1 is 1.41 bits per heavy atom. The van der Waals surface area contributed by atoms with Gasteiger partial charge < -0.3 is 10.4 Å². The molecule has 0 heterocycles. The van der Waals surface area contributed by atoms with Crippen molar-refractivity contribution in [3.05, 3.63) is 24.0 Å². The van der Waals surface area contributed by atoms with Crippen LogP contribution in [-0.2, 0) is 4.79 Å². The lowest BCUT2D eigenvalue weighted by molar-refractivity contribution is -0.116. The number of phenols is 1. The smallest absolute Gasteiger partial charge is 0.224 e. The predicted octanol–water partition coefficient (Wildman–Crippen LogP) is 3.30. The normalized spacial score (nSPS) is 11.3. The van der Waals surface area contributed by atoms with Gasteiger partial charge >= 0.3 is 0 Å². The van der Waals surface area contributed by atoms with Gasteiger partial charge in [0.05, 0.1) is 5.69 Å². The summed E-state index contributed by atoms with van der Waals surface area (Å²) < 4.78 is 13.3. The lowest BCUT2D eigenvalue weighted by atomic mass is 9.90. The quantitative estimate of drug-likeness (QED) is 0.850. The fraction of sp³-hybridized carbons (Fsp3) is 0.462. The van der Waals surface area contributed by atoms with Gasteiger partial charge in [-0.3, -0.25) is 4.79 Å². The Hall–Kier alpha value is -1.58. The van der Waals surface area contributed by atoms with Crippen LogP contribution in [0, 0.1) is 11.2 Å². The molecule has 1 aromatic rings. The minimum absolute atomic E-state index is 0.0175. The standard InChI is InChI=1S/C13H18FNO2/c1-13(2,3)7-6-12(17)15-11-8-9(16)4-5-10(11)14/h4-5,8,16H,6-7H2,1-3H3,(H,15,17). The van der Waals surface area contributed by atoms with Gasteiger partial charge in [0, 0.05) is 12.5 Å². The minimum Gasteiger partial charge on any atom is -0.508 e. The molecule has 2 N–H and O–H groups in total. The van der Waals surface area contributed by atoms with E-state index in [0.717, 1.165) is 12.5 Å². The molecule has 0 atom stereocenters. The average Bonchev–Trinajstić information content (AvgIpc) is 2.20. The molecule has 0 bridgehead atoms. The van der Waals surface area contributed by atoms with E-state index in [-0.39, 0.29) is 22.8 Å². The molecule has 0 radical (unpaired) electrons. The van der Waals surface area contributed by atoms with E-state index in [4.69, 9.17) is 0 Å². The number of carbonyl (C=O) groups is 1. The molecule has 0 saturated heterocycles. The van der Waals surface area contributed by atoms with Crippen LogP contribution in [0.2, 0.25) is 0 Å². The van der Waals surface area contributed by atoms with Gasteiger partial charge in [-0.05, 0) is 24.0 Å². The zero-order chi connectivity index (χ0) is 13.1. The fourth-order valence-electron chi connectivity index (χ4n) is 1.31. The summed E-state index contributed by atoms with van der Waals surface area (Å²) in [6.45, 7) is 6.11. The van der Waals surface area contributed by atoms with Crippen LogP contribution in [-0.4, -0.2) is 11.0 Å². The van der Waals surface area contributed by atoms with E-state index in [2.05, 4.69) is 5.32 Å². The van der Waals surface area contributed by atoms with Crippen molar-refractivity contribution in [2.24, 2.45) is 5.41 Å². The molecule has 0 saturated carbocycles. The van der Waals surface area contributed by atoms with E-state index >= 15 is 0 Å². The van der Waals surface area contributed by atoms with Crippen LogP contribution in [0.5, 0.6) is 5.75 Å². The third-order valence-corrected chi connectivity index (χ3v) is 2.33. The highest BCUT2D eigenvalue weighted by atomic mass is 19.1. The molecule has 0 fully saturated rings. The first-order valence-electron chi connectivity index (χ1n) is 5.56. The van der Waals surface area contributed by atoms with Gasteiger partial charge in [0.1, 0.15) is 11.6 Å². The number of rotatable bonds is 3. The van der Waals surface area contributed by atoms with Crippen molar-refractivity contribution in [1.29, 1.82) is 0 Å². The topological polar surface area (TPSA) is 49.3 Å². The molecule has 0 spiro atoms. The second kappa shape index (κ2) is 5.17. The Bertz CT molecular complexity index is 410. The maximum absolute atomic E-state index is 13.3. The highest BCUT2D eigenvalue weighted by molar-refractivity contribution is 5.91. The van der Waals surface area contributed by atoms with Gasteiger partial charge in [-0.25, -0.2) is 4.39 Å². The van der Waals surface area contributed by atoms with Crippen LogP contribution < -0.4 is 5.32 Å². The van der Waals surface area contributed by atoms with Crippen molar-refractivity contribution >= 4 is 11.6 Å². The summed E-state index contributed by atoms with van der Waals surface area (Å²) in [5.74, 6) is -0.867. The monoisotopic (exact) mass is 239 g/mol. The summed E-state index contributed by atoms with van der Waals surface area (Å²) in [7, 11) is 0. The zero-order valence-corrected chi connectivity index (χ0v) is 10.4. The van der Waals surface area contributed by atoms with Gasteiger partial charge in [-0.2, -0.15) is 0 Å². The summed E-state index contributed by atoms with van der Waals surface area (Å²) in [5.41, 5.74) is 0.0817. The van der Waals surface area contributed by atoms with Crippen molar-refractivity contribution in [1.82, 2.24) is 0 Å². The molecule has 3 nitrogen and oxygen atoms in total. The van der Waals surface area contributed by atoms with Crippen LogP contribution in [0.15, 0.2) is 18.2 Å². The average molecular weight is 239 g/mol. The van der Waals surface area contributed by atoms with Crippen molar-refractivity contribution in [3.63, 3.8) is 0 Å². The molecule has 0 unspecified atom stereocenters. The van der Waals surface area contributed by atoms with Crippen LogP contribution in [0.4, 0.5) is 10.1 Å². The predicted molar refractivity (Wildman–Crippen MR) is 65.4 cm³/mol. The van der Waals surface area contributed by atoms with Crippen molar-refractivity contribution in [2.75, 3.05) is 5.32 Å². The number of benzene rings is 1. The number of carbonyl (C=O) groups excluding carboxylic acids is 1. The first kappa shape index (κ1) is 13.5. The largest absolute Gasteiger partial charge is 0.508 e. The number of amides is 1. The third kappa shape index (κ3) is 4.85. The molecule has 4 heteroatoms. The summed E-state index contributed by atoms with van der Waals surface area (Å²) in [6.07, 6.45) is 1.05. The second-order valence-electron chi connectivity index (χ2n) is 5.27.